The topological polar surface area (TPSA) is 137 Å². The second-order valence-electron chi connectivity index (χ2n) is 7.28. The average molecular weight is 414 g/mol. The highest BCUT2D eigenvalue weighted by molar-refractivity contribution is 6.00. The molecule has 2 aliphatic rings. The van der Waals surface area contributed by atoms with Gasteiger partial charge in [0, 0.05) is 57.6 Å². The fraction of sp³-hybridized carbons (Fsp3) is 0.421. The number of methoxy groups -OCH3 is 2. The van der Waals surface area contributed by atoms with Crippen LogP contribution in [0.1, 0.15) is 10.5 Å². The van der Waals surface area contributed by atoms with E-state index in [1.807, 2.05) is 9.80 Å². The van der Waals surface area contributed by atoms with Crippen LogP contribution in [-0.2, 0) is 9.47 Å². The van der Waals surface area contributed by atoms with Crippen LogP contribution < -0.4 is 15.5 Å². The van der Waals surface area contributed by atoms with Crippen molar-refractivity contribution >= 4 is 23.2 Å². The Balaban J connectivity index is 1.75. The maximum Gasteiger partial charge on any atom is 0.288 e. The molecule has 4 heterocycles. The maximum atomic E-state index is 12.2. The summed E-state index contributed by atoms with van der Waals surface area (Å²) in [6.45, 7) is 2.52. The molecule has 2 aromatic heterocycles. The number of hydrogen-bond donors (Lipinski definition) is 1. The summed E-state index contributed by atoms with van der Waals surface area (Å²) in [5.41, 5.74) is 6.32. The van der Waals surface area contributed by atoms with Crippen LogP contribution in [0, 0.1) is 10.1 Å². The molecule has 2 fully saturated rings. The van der Waals surface area contributed by atoms with Gasteiger partial charge < -0.3 is 25.0 Å². The van der Waals surface area contributed by atoms with Gasteiger partial charge in [0.2, 0.25) is 0 Å². The first-order valence-electron chi connectivity index (χ1n) is 9.42. The lowest BCUT2D eigenvalue weighted by Gasteiger charge is -2.40. The smallest absolute Gasteiger partial charge is 0.288 e. The number of nitro groups is 1. The fourth-order valence-electron chi connectivity index (χ4n) is 3.56. The van der Waals surface area contributed by atoms with E-state index in [0.29, 0.717) is 48.9 Å². The van der Waals surface area contributed by atoms with Gasteiger partial charge in [-0.15, -0.1) is 0 Å². The average Bonchev–Trinajstić information content (AvgIpc) is 2.66. The van der Waals surface area contributed by atoms with Crippen molar-refractivity contribution in [2.24, 2.45) is 5.73 Å². The van der Waals surface area contributed by atoms with E-state index in [2.05, 4.69) is 9.97 Å². The van der Waals surface area contributed by atoms with Gasteiger partial charge in [0.05, 0.1) is 17.1 Å². The van der Waals surface area contributed by atoms with E-state index in [0.717, 1.165) is 0 Å². The first-order chi connectivity index (χ1) is 14.4. The van der Waals surface area contributed by atoms with E-state index >= 15 is 0 Å². The van der Waals surface area contributed by atoms with E-state index in [9.17, 15) is 14.9 Å². The van der Waals surface area contributed by atoms with Gasteiger partial charge in [-0.05, 0) is 12.1 Å². The minimum absolute atomic E-state index is 0.0423. The third kappa shape index (κ3) is 3.53. The zero-order valence-corrected chi connectivity index (χ0v) is 16.6. The largest absolute Gasteiger partial charge is 0.378 e. The number of hydrogen-bond acceptors (Lipinski definition) is 9. The van der Waals surface area contributed by atoms with E-state index in [-0.39, 0.29) is 23.6 Å². The van der Waals surface area contributed by atoms with Crippen molar-refractivity contribution in [3.05, 3.63) is 40.2 Å². The van der Waals surface area contributed by atoms with Gasteiger partial charge in [0.15, 0.2) is 0 Å². The van der Waals surface area contributed by atoms with E-state index < -0.39 is 10.8 Å². The number of aromatic nitrogens is 2. The first-order valence-corrected chi connectivity index (χ1v) is 9.42. The third-order valence-electron chi connectivity index (χ3n) is 5.45. The number of anilines is 2. The number of carbonyl (C=O) groups is 1. The number of pyridine rings is 2. The molecule has 0 aromatic carbocycles. The molecule has 0 spiro atoms. The number of rotatable bonds is 7. The first kappa shape index (κ1) is 20.0. The van der Waals surface area contributed by atoms with Crippen LogP contribution in [0.15, 0.2) is 24.4 Å². The number of carbonyl (C=O) groups excluding carboxylic acids is 1. The van der Waals surface area contributed by atoms with Crippen LogP contribution >= 0.6 is 0 Å². The second kappa shape index (κ2) is 7.84. The van der Waals surface area contributed by atoms with Crippen molar-refractivity contribution < 1.29 is 19.2 Å². The summed E-state index contributed by atoms with van der Waals surface area (Å²) in [5.74, 6) is 0.407. The summed E-state index contributed by atoms with van der Waals surface area (Å²) in [6, 6.07) is 4.88. The Morgan fingerprint density at radius 1 is 1.13 bits per heavy atom. The highest BCUT2D eigenvalue weighted by atomic mass is 16.6. The number of nitrogens with two attached hydrogens (primary N) is 1. The van der Waals surface area contributed by atoms with Crippen LogP contribution in [0.25, 0.3) is 11.1 Å². The summed E-state index contributed by atoms with van der Waals surface area (Å²) in [7, 11) is 3.28. The molecule has 0 saturated carbocycles. The van der Waals surface area contributed by atoms with Crippen molar-refractivity contribution in [2.45, 2.75) is 12.2 Å². The number of ether oxygens (including phenoxy) is 2. The highest BCUT2D eigenvalue weighted by Gasteiger charge is 2.32. The van der Waals surface area contributed by atoms with Crippen LogP contribution in [-0.4, -0.2) is 73.4 Å². The minimum Gasteiger partial charge on any atom is -0.378 e. The van der Waals surface area contributed by atoms with Crippen molar-refractivity contribution in [1.29, 1.82) is 0 Å². The molecule has 0 atom stereocenters. The zero-order chi connectivity index (χ0) is 21.4. The maximum absolute atomic E-state index is 12.2. The van der Waals surface area contributed by atoms with E-state index in [4.69, 9.17) is 15.2 Å². The van der Waals surface area contributed by atoms with Crippen LogP contribution in [0.2, 0.25) is 0 Å². The van der Waals surface area contributed by atoms with Crippen LogP contribution in [0.4, 0.5) is 17.3 Å². The van der Waals surface area contributed by atoms with Gasteiger partial charge in [-0.25, -0.2) is 9.97 Å². The third-order valence-corrected chi connectivity index (χ3v) is 5.45. The molecule has 1 amide bonds. The van der Waals surface area contributed by atoms with Gasteiger partial charge >= 0.3 is 0 Å². The molecule has 158 valence electrons. The summed E-state index contributed by atoms with van der Waals surface area (Å²) in [5, 5.41) is 11.3. The zero-order valence-electron chi connectivity index (χ0n) is 16.6. The molecule has 2 aliphatic heterocycles. The van der Waals surface area contributed by atoms with Gasteiger partial charge in [0.1, 0.15) is 23.5 Å². The highest BCUT2D eigenvalue weighted by Crippen LogP contribution is 2.37. The molecule has 0 bridgehead atoms. The molecule has 0 aliphatic carbocycles. The molecule has 11 nitrogen and oxygen atoms in total. The van der Waals surface area contributed by atoms with Crippen molar-refractivity contribution in [1.82, 2.24) is 9.97 Å². The summed E-state index contributed by atoms with van der Waals surface area (Å²) < 4.78 is 10.6. The van der Waals surface area contributed by atoms with E-state index in [1.54, 1.807) is 26.4 Å². The predicted molar refractivity (Wildman–Crippen MR) is 109 cm³/mol. The normalized spacial score (nSPS) is 16.9. The standard InChI is InChI=1S/C19H22N6O5/c1-29-12-7-23(8-12)16-4-3-14(17(22-16)18(20)26)15-5-11(25(27)28)6-21-19(15)24-9-13(10-24)30-2/h3-6,12-13H,7-10H2,1-2H3,(H2,20,26). The number of amides is 1. The number of nitrogens with zero attached hydrogens (tertiary/aromatic N) is 5. The summed E-state index contributed by atoms with van der Waals surface area (Å²) in [4.78, 5) is 35.6. The Labute approximate surface area is 172 Å². The van der Waals surface area contributed by atoms with Gasteiger partial charge in [0.25, 0.3) is 11.6 Å². The Kier molecular flexibility index (Phi) is 5.22. The second-order valence-corrected chi connectivity index (χ2v) is 7.28. The van der Waals surface area contributed by atoms with Gasteiger partial charge in [-0.1, -0.05) is 0 Å². The van der Waals surface area contributed by atoms with Gasteiger partial charge in [-0.3, -0.25) is 14.9 Å². The summed E-state index contributed by atoms with van der Waals surface area (Å²) >= 11 is 0. The Bertz CT molecular complexity index is 987. The molecule has 2 N–H and O–H groups in total. The Hall–Kier alpha value is -3.31. The molecule has 30 heavy (non-hydrogen) atoms. The Morgan fingerprint density at radius 3 is 2.33 bits per heavy atom. The molecule has 0 unspecified atom stereocenters. The minimum atomic E-state index is -0.716. The monoisotopic (exact) mass is 414 g/mol. The van der Waals surface area contributed by atoms with Gasteiger partial charge in [-0.2, -0.15) is 0 Å². The molecular formula is C19H22N6O5. The van der Waals surface area contributed by atoms with Crippen LogP contribution in [0.3, 0.4) is 0 Å². The molecule has 2 saturated heterocycles. The Morgan fingerprint density at radius 2 is 1.77 bits per heavy atom. The molecule has 2 aromatic rings. The summed E-state index contributed by atoms with van der Waals surface area (Å²) in [6.07, 6.45) is 1.39. The predicted octanol–water partition coefficient (Wildman–Crippen LogP) is 0.821. The van der Waals surface area contributed by atoms with Crippen molar-refractivity contribution in [3.8, 4) is 11.1 Å². The van der Waals surface area contributed by atoms with E-state index in [1.165, 1.54) is 12.3 Å². The lowest BCUT2D eigenvalue weighted by molar-refractivity contribution is -0.385. The molecule has 11 heteroatoms. The van der Waals surface area contributed by atoms with Crippen molar-refractivity contribution in [2.75, 3.05) is 50.2 Å². The molecular weight excluding hydrogens is 392 g/mol. The SMILES string of the molecule is COC1CN(c2ccc(-c3cc([N+](=O)[O-])cnc3N3CC(OC)C3)c(C(N)=O)n2)C1. The quantitative estimate of drug-likeness (QED) is 0.515. The van der Waals surface area contributed by atoms with Crippen LogP contribution in [0.5, 0.6) is 0 Å². The fourth-order valence-corrected chi connectivity index (χ4v) is 3.56. The van der Waals surface area contributed by atoms with Crippen molar-refractivity contribution in [3.63, 3.8) is 0 Å². The number of primary amides is 1. The lowest BCUT2D eigenvalue weighted by Crippen LogP contribution is -2.52. The lowest BCUT2D eigenvalue weighted by atomic mass is 10.0. The molecule has 4 rings (SSSR count). The molecule has 0 radical (unpaired) electrons.